The number of aliphatic carboxylic acids is 1. The molecule has 2 heterocycles. The average molecular weight is 466 g/mol. The van der Waals surface area contributed by atoms with E-state index in [1.165, 1.54) is 0 Å². The number of amides is 2. The third kappa shape index (κ3) is 4.90. The van der Waals surface area contributed by atoms with Gasteiger partial charge in [0.15, 0.2) is 17.6 Å². The normalized spacial score (nSPS) is 10.7. The Morgan fingerprint density at radius 3 is 2.73 bits per heavy atom. The minimum absolute atomic E-state index is 0.0989. The minimum Gasteiger partial charge on any atom is -0.482 e. The zero-order valence-electron chi connectivity index (χ0n) is 17.5. The summed E-state index contributed by atoms with van der Waals surface area (Å²) in [6.07, 6.45) is 1.64. The highest BCUT2D eigenvalue weighted by Crippen LogP contribution is 2.40. The Kier molecular flexibility index (Phi) is 6.45. The molecule has 0 atom stereocenters. The molecule has 3 N–H and O–H groups in total. The van der Waals surface area contributed by atoms with E-state index in [0.29, 0.717) is 33.8 Å². The molecule has 2 aromatic heterocycles. The number of pyridine rings is 1. The van der Waals surface area contributed by atoms with Crippen LogP contribution >= 0.6 is 11.3 Å². The van der Waals surface area contributed by atoms with E-state index < -0.39 is 24.4 Å². The van der Waals surface area contributed by atoms with Crippen LogP contribution in [0.3, 0.4) is 0 Å². The van der Waals surface area contributed by atoms with E-state index in [1.807, 2.05) is 6.07 Å². The van der Waals surface area contributed by atoms with Crippen LogP contribution < -0.4 is 15.4 Å². The van der Waals surface area contributed by atoms with Crippen molar-refractivity contribution in [3.05, 3.63) is 60.5 Å². The number of halogens is 1. The van der Waals surface area contributed by atoms with Crippen molar-refractivity contribution >= 4 is 38.7 Å². The molecule has 168 valence electrons. The topological polar surface area (TPSA) is 113 Å². The monoisotopic (exact) mass is 466 g/mol. The number of carbonyl (C=O) groups is 2. The zero-order chi connectivity index (χ0) is 23.4. The maximum absolute atomic E-state index is 15.7. The largest absolute Gasteiger partial charge is 0.482 e. The summed E-state index contributed by atoms with van der Waals surface area (Å²) >= 11 is 1.15. The molecule has 0 aliphatic carbocycles. The number of ether oxygens (including phenoxy) is 1. The summed E-state index contributed by atoms with van der Waals surface area (Å²) in [7, 11) is 0. The van der Waals surface area contributed by atoms with Crippen molar-refractivity contribution in [3.8, 4) is 28.1 Å². The number of carbonyl (C=O) groups excluding carboxylic acids is 1. The van der Waals surface area contributed by atoms with Crippen LogP contribution in [0.2, 0.25) is 0 Å². The highest BCUT2D eigenvalue weighted by atomic mass is 32.1. The van der Waals surface area contributed by atoms with Gasteiger partial charge in [0.2, 0.25) is 0 Å². The predicted octanol–water partition coefficient (Wildman–Crippen LogP) is 4.77. The van der Waals surface area contributed by atoms with Crippen LogP contribution in [-0.4, -0.2) is 40.2 Å². The summed E-state index contributed by atoms with van der Waals surface area (Å²) < 4.78 is 21.4. The number of nitrogens with one attached hydrogen (secondary N) is 2. The molecule has 0 aliphatic heterocycles. The second kappa shape index (κ2) is 9.61. The molecule has 4 rings (SSSR count). The standard InChI is InChI=1S/C23H19FN4O4S/c1-2-25-22(31)28-23-27-20-19(24)15(13-6-5-7-14(10-13)32-12-18(29)30)11-16(21(20)33-23)17-8-3-4-9-26-17/h3-11H,2,12H2,1H3,(H,29,30)(H2,25,27,28,31). The lowest BCUT2D eigenvalue weighted by Crippen LogP contribution is -2.28. The number of carboxylic acid groups (broad SMARTS) is 1. The molecule has 0 unspecified atom stereocenters. The number of nitrogens with zero attached hydrogens (tertiary/aromatic N) is 2. The fourth-order valence-electron chi connectivity index (χ4n) is 3.23. The van der Waals surface area contributed by atoms with Crippen molar-refractivity contribution in [1.82, 2.24) is 15.3 Å². The van der Waals surface area contributed by atoms with E-state index in [9.17, 15) is 9.59 Å². The Morgan fingerprint density at radius 1 is 1.15 bits per heavy atom. The van der Waals surface area contributed by atoms with Gasteiger partial charge < -0.3 is 15.2 Å². The second-order valence-electron chi connectivity index (χ2n) is 6.89. The Morgan fingerprint density at radius 2 is 2.00 bits per heavy atom. The quantitative estimate of drug-likeness (QED) is 0.362. The first-order chi connectivity index (χ1) is 16.0. The molecule has 33 heavy (non-hydrogen) atoms. The number of urea groups is 1. The Bertz CT molecular complexity index is 1330. The number of benzene rings is 2. The fourth-order valence-corrected chi connectivity index (χ4v) is 4.21. The van der Waals surface area contributed by atoms with Gasteiger partial charge in [-0.25, -0.2) is 19.0 Å². The number of aromatic nitrogens is 2. The van der Waals surface area contributed by atoms with Crippen molar-refractivity contribution < 1.29 is 23.8 Å². The maximum atomic E-state index is 15.7. The van der Waals surface area contributed by atoms with Crippen molar-refractivity contribution in [1.29, 1.82) is 0 Å². The van der Waals surface area contributed by atoms with Gasteiger partial charge in [-0.2, -0.15) is 0 Å². The lowest BCUT2D eigenvalue weighted by Gasteiger charge is -2.10. The van der Waals surface area contributed by atoms with Crippen molar-refractivity contribution in [3.63, 3.8) is 0 Å². The lowest BCUT2D eigenvalue weighted by atomic mass is 9.99. The molecule has 2 aromatic carbocycles. The van der Waals surface area contributed by atoms with Gasteiger partial charge >= 0.3 is 12.0 Å². The number of fused-ring (bicyclic) bond motifs is 1. The predicted molar refractivity (Wildman–Crippen MR) is 124 cm³/mol. The van der Waals surface area contributed by atoms with Gasteiger partial charge in [-0.15, -0.1) is 0 Å². The van der Waals surface area contributed by atoms with Gasteiger partial charge in [0.1, 0.15) is 11.3 Å². The number of anilines is 1. The highest BCUT2D eigenvalue weighted by Gasteiger charge is 2.20. The number of rotatable bonds is 7. The summed E-state index contributed by atoms with van der Waals surface area (Å²) in [5, 5.41) is 14.3. The van der Waals surface area contributed by atoms with Gasteiger partial charge in [0.25, 0.3) is 0 Å². The Balaban J connectivity index is 1.85. The molecule has 0 radical (unpaired) electrons. The highest BCUT2D eigenvalue weighted by molar-refractivity contribution is 7.22. The number of hydrogen-bond acceptors (Lipinski definition) is 6. The van der Waals surface area contributed by atoms with E-state index in [-0.39, 0.29) is 16.2 Å². The summed E-state index contributed by atoms with van der Waals surface area (Å²) in [5.41, 5.74) is 2.11. The van der Waals surface area contributed by atoms with Crippen LogP contribution in [-0.2, 0) is 4.79 Å². The first-order valence-corrected chi connectivity index (χ1v) is 10.8. The number of thiazole rings is 1. The zero-order valence-corrected chi connectivity index (χ0v) is 18.3. The van der Waals surface area contributed by atoms with Crippen LogP contribution in [0.25, 0.3) is 32.6 Å². The van der Waals surface area contributed by atoms with Crippen LogP contribution in [0, 0.1) is 5.82 Å². The summed E-state index contributed by atoms with van der Waals surface area (Å²) in [4.78, 5) is 31.5. The number of carboxylic acids is 1. The van der Waals surface area contributed by atoms with Gasteiger partial charge in [0.05, 0.1) is 10.4 Å². The van der Waals surface area contributed by atoms with Crippen LogP contribution in [0.15, 0.2) is 54.7 Å². The minimum atomic E-state index is -1.11. The molecule has 2 amide bonds. The summed E-state index contributed by atoms with van der Waals surface area (Å²) in [5.74, 6) is -1.38. The van der Waals surface area contributed by atoms with E-state index >= 15 is 4.39 Å². The molecular weight excluding hydrogens is 447 g/mol. The van der Waals surface area contributed by atoms with Crippen LogP contribution in [0.5, 0.6) is 5.75 Å². The molecule has 0 fully saturated rings. The van der Waals surface area contributed by atoms with E-state index in [2.05, 4.69) is 20.6 Å². The molecule has 0 saturated carbocycles. The van der Waals surface area contributed by atoms with E-state index in [1.54, 1.807) is 55.6 Å². The molecule has 0 saturated heterocycles. The molecule has 8 nitrogen and oxygen atoms in total. The second-order valence-corrected chi connectivity index (χ2v) is 7.89. The SMILES string of the molecule is CCNC(=O)Nc1nc2c(F)c(-c3cccc(OCC(=O)O)c3)cc(-c3ccccn3)c2s1. The first kappa shape index (κ1) is 22.2. The maximum Gasteiger partial charge on any atom is 0.341 e. The van der Waals surface area contributed by atoms with Gasteiger partial charge in [0, 0.05) is 23.9 Å². The Labute approximate surface area is 192 Å². The van der Waals surface area contributed by atoms with Crippen molar-refractivity contribution in [2.75, 3.05) is 18.5 Å². The summed E-state index contributed by atoms with van der Waals surface area (Å²) in [6, 6.07) is 13.2. The third-order valence-corrected chi connectivity index (χ3v) is 5.61. The lowest BCUT2D eigenvalue weighted by molar-refractivity contribution is -0.139. The molecule has 0 aliphatic rings. The molecular formula is C23H19FN4O4S. The third-order valence-electron chi connectivity index (χ3n) is 4.61. The van der Waals surface area contributed by atoms with Crippen LogP contribution in [0.1, 0.15) is 6.92 Å². The van der Waals surface area contributed by atoms with Gasteiger partial charge in [-0.1, -0.05) is 29.5 Å². The molecule has 10 heteroatoms. The van der Waals surface area contributed by atoms with E-state index in [0.717, 1.165) is 11.3 Å². The average Bonchev–Trinajstić information content (AvgIpc) is 3.23. The Hall–Kier alpha value is -4.05. The molecule has 0 spiro atoms. The fraction of sp³-hybridized carbons (Fsp3) is 0.130. The number of hydrogen-bond donors (Lipinski definition) is 3. The first-order valence-electron chi connectivity index (χ1n) is 10.0. The molecule has 4 aromatic rings. The van der Waals surface area contributed by atoms with Crippen molar-refractivity contribution in [2.45, 2.75) is 6.92 Å². The molecule has 0 bridgehead atoms. The van der Waals surface area contributed by atoms with Crippen molar-refractivity contribution in [2.24, 2.45) is 0 Å². The van der Waals surface area contributed by atoms with Crippen LogP contribution in [0.4, 0.5) is 14.3 Å². The smallest absolute Gasteiger partial charge is 0.341 e. The summed E-state index contributed by atoms with van der Waals surface area (Å²) in [6.45, 7) is 1.72. The van der Waals surface area contributed by atoms with Gasteiger partial charge in [-0.3, -0.25) is 10.3 Å². The van der Waals surface area contributed by atoms with Gasteiger partial charge in [-0.05, 0) is 42.8 Å². The van der Waals surface area contributed by atoms with E-state index in [4.69, 9.17) is 9.84 Å².